The number of aryl methyl sites for hydroxylation is 1. The molecule has 0 bridgehead atoms. The molecule has 0 saturated heterocycles. The highest BCUT2D eigenvalue weighted by Gasteiger charge is 2.14. The number of thiophene rings is 1. The zero-order valence-corrected chi connectivity index (χ0v) is 20.7. The maximum Gasteiger partial charge on any atom is 0.272 e. The van der Waals surface area contributed by atoms with Crippen molar-refractivity contribution in [2.75, 3.05) is 12.3 Å². The molecule has 0 radical (unpaired) electrons. The van der Waals surface area contributed by atoms with Gasteiger partial charge in [0.1, 0.15) is 4.70 Å². The average Bonchev–Trinajstić information content (AvgIpc) is 3.29. The van der Waals surface area contributed by atoms with E-state index in [0.29, 0.717) is 44.9 Å². The van der Waals surface area contributed by atoms with E-state index in [0.717, 1.165) is 17.5 Å². The maximum absolute atomic E-state index is 13.1. The van der Waals surface area contributed by atoms with E-state index in [1.807, 2.05) is 60.0 Å². The lowest BCUT2D eigenvalue weighted by Crippen LogP contribution is -2.28. The number of thioether (sulfide) groups is 1. The zero-order valence-electron chi connectivity index (χ0n) is 17.6. The topological polar surface area (TPSA) is 64.0 Å². The number of nitrogens with one attached hydrogen (secondary N) is 1. The molecule has 0 aliphatic rings. The van der Waals surface area contributed by atoms with Crippen molar-refractivity contribution in [3.63, 3.8) is 0 Å². The van der Waals surface area contributed by atoms with Crippen LogP contribution in [-0.2, 0) is 24.2 Å². The summed E-state index contributed by atoms with van der Waals surface area (Å²) in [7, 11) is 0. The Bertz CT molecular complexity index is 1300. The van der Waals surface area contributed by atoms with Gasteiger partial charge in [-0.05, 0) is 59.7 Å². The predicted molar refractivity (Wildman–Crippen MR) is 138 cm³/mol. The first kappa shape index (κ1) is 23.8. The summed E-state index contributed by atoms with van der Waals surface area (Å²) in [6.07, 6.45) is 1.38. The lowest BCUT2D eigenvalue weighted by Gasteiger charge is -2.12. The third kappa shape index (κ3) is 6.38. The standard InChI is InChI=1S/C24H21Cl2N3O2S2/c25-18-5-1-16(2-6-18)9-12-27-21(30)15-33-24-28-20-11-14-32-22(20)23(31)29(24)13-10-17-3-7-19(26)8-4-17/h1-8,11,14H,9-10,12-13,15H2,(H,27,30). The molecule has 0 saturated carbocycles. The van der Waals surface area contributed by atoms with Crippen molar-refractivity contribution in [3.8, 4) is 0 Å². The van der Waals surface area contributed by atoms with Crippen molar-refractivity contribution in [1.82, 2.24) is 14.9 Å². The van der Waals surface area contributed by atoms with Crippen LogP contribution in [0.2, 0.25) is 10.0 Å². The molecule has 0 aliphatic carbocycles. The van der Waals surface area contributed by atoms with Gasteiger partial charge in [-0.15, -0.1) is 11.3 Å². The molecule has 2 aromatic carbocycles. The molecule has 33 heavy (non-hydrogen) atoms. The first-order valence-corrected chi connectivity index (χ1v) is 13.0. The van der Waals surface area contributed by atoms with Gasteiger partial charge >= 0.3 is 0 Å². The molecular weight excluding hydrogens is 497 g/mol. The molecule has 9 heteroatoms. The van der Waals surface area contributed by atoms with Crippen LogP contribution >= 0.6 is 46.3 Å². The Morgan fingerprint density at radius 1 is 0.970 bits per heavy atom. The highest BCUT2D eigenvalue weighted by Crippen LogP contribution is 2.21. The van der Waals surface area contributed by atoms with E-state index in [4.69, 9.17) is 23.2 Å². The molecule has 1 amide bonds. The van der Waals surface area contributed by atoms with E-state index in [2.05, 4.69) is 10.3 Å². The van der Waals surface area contributed by atoms with Gasteiger partial charge in [-0.25, -0.2) is 4.98 Å². The van der Waals surface area contributed by atoms with E-state index in [1.54, 1.807) is 4.57 Å². The number of hydrogen-bond donors (Lipinski definition) is 1. The van der Waals surface area contributed by atoms with Gasteiger partial charge in [-0.1, -0.05) is 59.2 Å². The summed E-state index contributed by atoms with van der Waals surface area (Å²) in [5.41, 5.74) is 2.77. The molecule has 170 valence electrons. The molecule has 4 rings (SSSR count). The Kier molecular flexibility index (Phi) is 8.09. The van der Waals surface area contributed by atoms with E-state index in [1.165, 1.54) is 23.1 Å². The molecule has 0 atom stereocenters. The lowest BCUT2D eigenvalue weighted by molar-refractivity contribution is -0.118. The number of benzene rings is 2. The van der Waals surface area contributed by atoms with Crippen LogP contribution in [0.5, 0.6) is 0 Å². The molecule has 1 N–H and O–H groups in total. The van der Waals surface area contributed by atoms with Crippen LogP contribution in [0, 0.1) is 0 Å². The van der Waals surface area contributed by atoms with Gasteiger partial charge in [0.15, 0.2) is 5.16 Å². The summed E-state index contributed by atoms with van der Waals surface area (Å²) in [6.45, 7) is 1.00. The summed E-state index contributed by atoms with van der Waals surface area (Å²) in [5.74, 6) is 0.0850. The van der Waals surface area contributed by atoms with Gasteiger partial charge in [0, 0.05) is 23.1 Å². The molecule has 0 aliphatic heterocycles. The van der Waals surface area contributed by atoms with Gasteiger partial charge in [0.25, 0.3) is 5.56 Å². The van der Waals surface area contributed by atoms with E-state index >= 15 is 0 Å². The summed E-state index contributed by atoms with van der Waals surface area (Å²) in [4.78, 5) is 30.1. The van der Waals surface area contributed by atoms with Crippen LogP contribution in [0.15, 0.2) is 69.9 Å². The Balaban J connectivity index is 1.40. The third-order valence-corrected chi connectivity index (χ3v) is 7.42. The molecule has 2 heterocycles. The van der Waals surface area contributed by atoms with Crippen molar-refractivity contribution in [3.05, 3.63) is 91.5 Å². The van der Waals surface area contributed by atoms with Crippen molar-refractivity contribution >= 4 is 62.4 Å². The van der Waals surface area contributed by atoms with Gasteiger partial charge in [0.05, 0.1) is 11.3 Å². The fourth-order valence-electron chi connectivity index (χ4n) is 3.30. The largest absolute Gasteiger partial charge is 0.355 e. The normalized spacial score (nSPS) is 11.1. The Labute approximate surface area is 209 Å². The van der Waals surface area contributed by atoms with Gasteiger partial charge in [-0.3, -0.25) is 14.2 Å². The number of carbonyl (C=O) groups is 1. The van der Waals surface area contributed by atoms with Crippen molar-refractivity contribution < 1.29 is 4.79 Å². The molecule has 4 aromatic rings. The SMILES string of the molecule is O=C(CSc1nc2ccsc2c(=O)n1CCc1ccc(Cl)cc1)NCCc1ccc(Cl)cc1. The molecular formula is C24H21Cl2N3O2S2. The smallest absolute Gasteiger partial charge is 0.272 e. The van der Waals surface area contributed by atoms with Crippen LogP contribution in [0.3, 0.4) is 0 Å². The number of nitrogens with zero attached hydrogens (tertiary/aromatic N) is 2. The average molecular weight is 518 g/mol. The van der Waals surface area contributed by atoms with Crippen molar-refractivity contribution in [2.24, 2.45) is 0 Å². The number of hydrogen-bond acceptors (Lipinski definition) is 5. The molecule has 5 nitrogen and oxygen atoms in total. The Morgan fingerprint density at radius 3 is 2.27 bits per heavy atom. The van der Waals surface area contributed by atoms with E-state index in [-0.39, 0.29) is 17.2 Å². The first-order valence-electron chi connectivity index (χ1n) is 10.4. The second kappa shape index (κ2) is 11.2. The first-order chi connectivity index (χ1) is 16.0. The minimum atomic E-state index is -0.0992. The third-order valence-electron chi connectivity index (χ3n) is 5.05. The van der Waals surface area contributed by atoms with E-state index < -0.39 is 0 Å². The lowest BCUT2D eigenvalue weighted by atomic mass is 10.1. The highest BCUT2D eigenvalue weighted by molar-refractivity contribution is 7.99. The minimum Gasteiger partial charge on any atom is -0.355 e. The fourth-order valence-corrected chi connectivity index (χ4v) is 5.19. The van der Waals surface area contributed by atoms with Gasteiger partial charge < -0.3 is 5.32 Å². The number of carbonyl (C=O) groups excluding carboxylic acids is 1. The van der Waals surface area contributed by atoms with Crippen LogP contribution < -0.4 is 10.9 Å². The van der Waals surface area contributed by atoms with Crippen molar-refractivity contribution in [2.45, 2.75) is 24.5 Å². The summed E-state index contributed by atoms with van der Waals surface area (Å²) in [6, 6.07) is 17.0. The quantitative estimate of drug-likeness (QED) is 0.236. The molecule has 0 spiro atoms. The second-order valence-electron chi connectivity index (χ2n) is 7.38. The Morgan fingerprint density at radius 2 is 1.61 bits per heavy atom. The van der Waals surface area contributed by atoms with Gasteiger partial charge in [-0.2, -0.15) is 0 Å². The predicted octanol–water partition coefficient (Wildman–Crippen LogP) is 5.46. The summed E-state index contributed by atoms with van der Waals surface area (Å²) < 4.78 is 2.29. The van der Waals surface area contributed by atoms with Crippen LogP contribution in [0.25, 0.3) is 10.2 Å². The zero-order chi connectivity index (χ0) is 23.2. The van der Waals surface area contributed by atoms with Crippen LogP contribution in [-0.4, -0.2) is 27.8 Å². The second-order valence-corrected chi connectivity index (χ2v) is 10.1. The number of fused-ring (bicyclic) bond motifs is 1. The molecule has 2 aromatic heterocycles. The maximum atomic E-state index is 13.1. The number of aromatic nitrogens is 2. The molecule has 0 unspecified atom stereocenters. The molecule has 0 fully saturated rings. The fraction of sp³-hybridized carbons (Fsp3) is 0.208. The van der Waals surface area contributed by atoms with Crippen LogP contribution in [0.1, 0.15) is 11.1 Å². The van der Waals surface area contributed by atoms with Crippen LogP contribution in [0.4, 0.5) is 0 Å². The van der Waals surface area contributed by atoms with Gasteiger partial charge in [0.2, 0.25) is 5.91 Å². The van der Waals surface area contributed by atoms with E-state index in [9.17, 15) is 9.59 Å². The van der Waals surface area contributed by atoms with Crippen molar-refractivity contribution in [1.29, 1.82) is 0 Å². The number of rotatable bonds is 9. The summed E-state index contributed by atoms with van der Waals surface area (Å²) in [5, 5.41) is 6.71. The number of halogens is 2. The minimum absolute atomic E-state index is 0.0744. The highest BCUT2D eigenvalue weighted by atomic mass is 35.5. The number of amides is 1. The summed E-state index contributed by atoms with van der Waals surface area (Å²) >= 11 is 14.5. The monoisotopic (exact) mass is 517 g/mol. The Hall–Kier alpha value is -2.32.